The maximum atomic E-state index is 12.7. The van der Waals surface area contributed by atoms with E-state index in [1.165, 1.54) is 0 Å². The number of hydrogen-bond donors (Lipinski definition) is 0. The van der Waals surface area contributed by atoms with Gasteiger partial charge in [-0.05, 0) is 42.8 Å². The van der Waals surface area contributed by atoms with Gasteiger partial charge in [-0.2, -0.15) is 0 Å². The van der Waals surface area contributed by atoms with E-state index in [0.29, 0.717) is 16.1 Å². The van der Waals surface area contributed by atoms with E-state index in [2.05, 4.69) is 4.98 Å². The van der Waals surface area contributed by atoms with Crippen LogP contribution in [0.4, 0.5) is 0 Å². The Balaban J connectivity index is 2.15. The largest absolute Gasteiger partial charge is 0.289 e. The van der Waals surface area contributed by atoms with E-state index >= 15 is 0 Å². The second-order valence-corrected chi connectivity index (χ2v) is 5.08. The van der Waals surface area contributed by atoms with Gasteiger partial charge < -0.3 is 0 Å². The van der Waals surface area contributed by atoms with Crippen molar-refractivity contribution in [1.82, 2.24) is 4.98 Å². The minimum absolute atomic E-state index is 0.0108. The number of pyridine rings is 1. The summed E-state index contributed by atoms with van der Waals surface area (Å²) in [6.07, 6.45) is 1.73. The summed E-state index contributed by atoms with van der Waals surface area (Å²) in [5.74, 6) is -0.0108. The van der Waals surface area contributed by atoms with Crippen LogP contribution in [0.15, 0.2) is 54.7 Å². The molecule has 0 bridgehead atoms. The molecule has 0 aliphatic carbocycles. The van der Waals surface area contributed by atoms with Gasteiger partial charge in [0.1, 0.15) is 0 Å². The zero-order valence-electron chi connectivity index (χ0n) is 10.9. The molecule has 2 nitrogen and oxygen atoms in total. The molecular formula is C17H12ClNO. The van der Waals surface area contributed by atoms with Crippen molar-refractivity contribution in [1.29, 1.82) is 0 Å². The van der Waals surface area contributed by atoms with Crippen LogP contribution in [0.1, 0.15) is 21.5 Å². The lowest BCUT2D eigenvalue weighted by Crippen LogP contribution is -2.03. The van der Waals surface area contributed by atoms with E-state index in [-0.39, 0.29) is 5.78 Å². The Morgan fingerprint density at radius 3 is 2.75 bits per heavy atom. The average molecular weight is 282 g/mol. The molecule has 0 fully saturated rings. The molecule has 1 heterocycles. The van der Waals surface area contributed by atoms with E-state index in [1.54, 1.807) is 18.3 Å². The highest BCUT2D eigenvalue weighted by Gasteiger charge is 2.13. The number of fused-ring (bicyclic) bond motifs is 1. The van der Waals surface area contributed by atoms with Crippen LogP contribution in [0.25, 0.3) is 10.9 Å². The first-order chi connectivity index (χ1) is 9.66. The predicted molar refractivity (Wildman–Crippen MR) is 81.4 cm³/mol. The molecule has 3 aromatic rings. The molecule has 0 amide bonds. The summed E-state index contributed by atoms with van der Waals surface area (Å²) in [5.41, 5.74) is 3.03. The third-order valence-corrected chi connectivity index (χ3v) is 3.73. The molecule has 3 heteroatoms. The van der Waals surface area contributed by atoms with Gasteiger partial charge in [0.05, 0.1) is 5.52 Å². The molecule has 2 aromatic carbocycles. The Kier molecular flexibility index (Phi) is 3.25. The Bertz CT molecular complexity index is 806. The first-order valence-corrected chi connectivity index (χ1v) is 6.69. The fraction of sp³-hybridized carbons (Fsp3) is 0.0588. The molecule has 1 aromatic heterocycles. The SMILES string of the molecule is Cc1cc(C(=O)c2cccc3ncccc23)ccc1Cl. The van der Waals surface area contributed by atoms with Gasteiger partial charge in [-0.3, -0.25) is 9.78 Å². The third kappa shape index (κ3) is 2.19. The number of nitrogens with zero attached hydrogens (tertiary/aromatic N) is 1. The number of aryl methyl sites for hydroxylation is 1. The van der Waals surface area contributed by atoms with Crippen molar-refractivity contribution in [3.05, 3.63) is 76.4 Å². The average Bonchev–Trinajstić information content (AvgIpc) is 2.49. The van der Waals surface area contributed by atoms with Crippen LogP contribution in [0.5, 0.6) is 0 Å². The number of carbonyl (C=O) groups is 1. The van der Waals surface area contributed by atoms with Crippen molar-refractivity contribution < 1.29 is 4.79 Å². The minimum atomic E-state index is -0.0108. The molecule has 0 aliphatic heterocycles. The topological polar surface area (TPSA) is 30.0 Å². The molecule has 0 unspecified atom stereocenters. The summed E-state index contributed by atoms with van der Waals surface area (Å²) in [4.78, 5) is 16.9. The summed E-state index contributed by atoms with van der Waals surface area (Å²) < 4.78 is 0. The maximum Gasteiger partial charge on any atom is 0.193 e. The van der Waals surface area contributed by atoms with Crippen LogP contribution in [-0.4, -0.2) is 10.8 Å². The second kappa shape index (κ2) is 5.06. The highest BCUT2D eigenvalue weighted by atomic mass is 35.5. The van der Waals surface area contributed by atoms with Crippen molar-refractivity contribution >= 4 is 28.3 Å². The molecule has 20 heavy (non-hydrogen) atoms. The van der Waals surface area contributed by atoms with E-state index in [1.807, 2.05) is 43.3 Å². The van der Waals surface area contributed by atoms with E-state index in [9.17, 15) is 4.79 Å². The van der Waals surface area contributed by atoms with Gasteiger partial charge in [0.15, 0.2) is 5.78 Å². The fourth-order valence-corrected chi connectivity index (χ4v) is 2.36. The molecular weight excluding hydrogens is 270 g/mol. The van der Waals surface area contributed by atoms with Gasteiger partial charge in [0.25, 0.3) is 0 Å². The van der Waals surface area contributed by atoms with Crippen LogP contribution in [0.3, 0.4) is 0 Å². The lowest BCUT2D eigenvalue weighted by molar-refractivity contribution is 0.104. The second-order valence-electron chi connectivity index (χ2n) is 4.67. The Labute approximate surface area is 122 Å². The number of ketones is 1. The van der Waals surface area contributed by atoms with E-state index in [0.717, 1.165) is 16.5 Å². The number of hydrogen-bond acceptors (Lipinski definition) is 2. The van der Waals surface area contributed by atoms with Crippen molar-refractivity contribution in [2.45, 2.75) is 6.92 Å². The van der Waals surface area contributed by atoms with Crippen LogP contribution in [0.2, 0.25) is 5.02 Å². The van der Waals surface area contributed by atoms with Crippen LogP contribution in [0, 0.1) is 6.92 Å². The zero-order valence-corrected chi connectivity index (χ0v) is 11.7. The monoisotopic (exact) mass is 281 g/mol. The maximum absolute atomic E-state index is 12.7. The van der Waals surface area contributed by atoms with Gasteiger partial charge in [-0.1, -0.05) is 29.8 Å². The van der Waals surface area contributed by atoms with E-state index in [4.69, 9.17) is 11.6 Å². The van der Waals surface area contributed by atoms with Crippen molar-refractivity contribution in [3.63, 3.8) is 0 Å². The van der Waals surface area contributed by atoms with Gasteiger partial charge in [0, 0.05) is 27.7 Å². The minimum Gasteiger partial charge on any atom is -0.289 e. The number of rotatable bonds is 2. The lowest BCUT2D eigenvalue weighted by atomic mass is 9.98. The number of halogens is 1. The number of carbonyl (C=O) groups excluding carboxylic acids is 1. The van der Waals surface area contributed by atoms with Gasteiger partial charge in [-0.15, -0.1) is 0 Å². The van der Waals surface area contributed by atoms with Crippen LogP contribution < -0.4 is 0 Å². The van der Waals surface area contributed by atoms with Gasteiger partial charge in [0.2, 0.25) is 0 Å². The van der Waals surface area contributed by atoms with Crippen LogP contribution in [-0.2, 0) is 0 Å². The summed E-state index contributed by atoms with van der Waals surface area (Å²) in [6.45, 7) is 1.89. The molecule has 98 valence electrons. The molecule has 0 saturated carbocycles. The number of benzene rings is 2. The first kappa shape index (κ1) is 12.8. The quantitative estimate of drug-likeness (QED) is 0.651. The molecule has 0 spiro atoms. The normalized spacial score (nSPS) is 10.7. The Hall–Kier alpha value is -2.19. The number of aromatic nitrogens is 1. The standard InChI is InChI=1S/C17H12ClNO/c1-11-10-12(7-8-15(11)18)17(20)14-4-2-6-16-13(14)5-3-9-19-16/h2-10H,1H3. The Morgan fingerprint density at radius 2 is 1.95 bits per heavy atom. The van der Waals surface area contributed by atoms with Gasteiger partial charge in [-0.25, -0.2) is 0 Å². The third-order valence-electron chi connectivity index (χ3n) is 3.31. The highest BCUT2D eigenvalue weighted by molar-refractivity contribution is 6.31. The summed E-state index contributed by atoms with van der Waals surface area (Å²) in [7, 11) is 0. The Morgan fingerprint density at radius 1 is 1.10 bits per heavy atom. The predicted octanol–water partition coefficient (Wildman–Crippen LogP) is 4.43. The molecule has 0 aliphatic rings. The van der Waals surface area contributed by atoms with Crippen LogP contribution >= 0.6 is 11.6 Å². The van der Waals surface area contributed by atoms with Crippen molar-refractivity contribution in [3.8, 4) is 0 Å². The summed E-state index contributed by atoms with van der Waals surface area (Å²) in [6, 6.07) is 14.7. The smallest absolute Gasteiger partial charge is 0.193 e. The zero-order chi connectivity index (χ0) is 14.1. The lowest BCUT2D eigenvalue weighted by Gasteiger charge is -2.06. The van der Waals surface area contributed by atoms with Gasteiger partial charge >= 0.3 is 0 Å². The first-order valence-electron chi connectivity index (χ1n) is 6.31. The molecule has 0 atom stereocenters. The molecule has 0 radical (unpaired) electrons. The molecule has 0 N–H and O–H groups in total. The summed E-state index contributed by atoms with van der Waals surface area (Å²) in [5, 5.41) is 1.54. The molecule has 3 rings (SSSR count). The highest BCUT2D eigenvalue weighted by Crippen LogP contribution is 2.22. The summed E-state index contributed by atoms with van der Waals surface area (Å²) >= 11 is 6.01. The van der Waals surface area contributed by atoms with Crippen molar-refractivity contribution in [2.75, 3.05) is 0 Å². The van der Waals surface area contributed by atoms with E-state index < -0.39 is 0 Å². The van der Waals surface area contributed by atoms with Crippen molar-refractivity contribution in [2.24, 2.45) is 0 Å². The molecule has 0 saturated heterocycles. The fourth-order valence-electron chi connectivity index (χ4n) is 2.24.